The summed E-state index contributed by atoms with van der Waals surface area (Å²) in [7, 11) is 0. The molecule has 2 nitrogen and oxygen atoms in total. The van der Waals surface area contributed by atoms with Crippen molar-refractivity contribution >= 4 is 23.1 Å². The minimum Gasteiger partial charge on any atom is -0.486 e. The maximum atomic E-state index is 12.5. The van der Waals surface area contributed by atoms with Crippen LogP contribution in [0.25, 0.3) is 0 Å². The Kier molecular flexibility index (Phi) is 5.66. The van der Waals surface area contributed by atoms with Crippen molar-refractivity contribution in [3.05, 3.63) is 34.9 Å². The van der Waals surface area contributed by atoms with Crippen LogP contribution in [-0.2, 0) is 16.0 Å². The molecule has 2 fully saturated rings. The molecule has 0 aromatic heterocycles. The molecule has 1 aromatic rings. The van der Waals surface area contributed by atoms with E-state index in [1.54, 1.807) is 5.56 Å². The molecule has 3 aliphatic carbocycles. The predicted octanol–water partition coefficient (Wildman–Crippen LogP) is 6.36. The number of ketones is 1. The number of hydrogen-bond donors (Lipinski definition) is 0. The lowest BCUT2D eigenvalue weighted by atomic mass is 9.55. The Labute approximate surface area is 175 Å². The number of carbonyl (C=O) groups is 1. The van der Waals surface area contributed by atoms with Crippen molar-refractivity contribution in [3.8, 4) is 0 Å². The lowest BCUT2D eigenvalue weighted by molar-refractivity contribution is -0.129. The second-order valence-corrected chi connectivity index (χ2v) is 9.94. The number of ether oxygens (including phenoxy) is 1. The van der Waals surface area contributed by atoms with Crippen LogP contribution in [0.3, 0.4) is 0 Å². The summed E-state index contributed by atoms with van der Waals surface area (Å²) < 4.78 is 5.80. The zero-order valence-electron chi connectivity index (χ0n) is 17.6. The summed E-state index contributed by atoms with van der Waals surface area (Å²) >= 11 is 5.54. The van der Waals surface area contributed by atoms with Gasteiger partial charge in [-0.3, -0.25) is 4.79 Å². The molecule has 152 valence electrons. The van der Waals surface area contributed by atoms with Crippen molar-refractivity contribution in [2.24, 2.45) is 17.3 Å². The highest BCUT2D eigenvalue weighted by Crippen LogP contribution is 2.59. The van der Waals surface area contributed by atoms with E-state index in [4.69, 9.17) is 17.0 Å². The van der Waals surface area contributed by atoms with Gasteiger partial charge in [-0.15, -0.1) is 0 Å². The maximum absolute atomic E-state index is 12.5. The number of unbranched alkanes of at least 4 members (excludes halogenated alkanes) is 1. The minimum absolute atomic E-state index is 0.0326. The molecule has 0 saturated heterocycles. The Hall–Kier alpha value is -1.22. The predicted molar refractivity (Wildman–Crippen MR) is 118 cm³/mol. The maximum Gasteiger partial charge on any atom is 0.166 e. The van der Waals surface area contributed by atoms with Crippen molar-refractivity contribution in [1.82, 2.24) is 0 Å². The second-order valence-electron chi connectivity index (χ2n) is 9.53. The number of thiocarbonyl (C=S) groups is 1. The SMILES string of the molecule is CCCCOC(=S)C(C)c1ccc2c(c1)CC[C@@H]1[C@@H]2CC[C@]2(C)C(=O)CC[C@@H]12. The largest absolute Gasteiger partial charge is 0.486 e. The van der Waals surface area contributed by atoms with E-state index in [1.165, 1.54) is 24.0 Å². The van der Waals surface area contributed by atoms with Gasteiger partial charge >= 0.3 is 0 Å². The molecule has 1 unspecified atom stereocenters. The molecular weight excluding hydrogens is 364 g/mol. The molecule has 0 aliphatic heterocycles. The fourth-order valence-corrected chi connectivity index (χ4v) is 6.44. The van der Waals surface area contributed by atoms with Crippen LogP contribution in [-0.4, -0.2) is 17.4 Å². The molecular formula is C25H34O2S. The molecule has 3 heteroatoms. The normalized spacial score (nSPS) is 32.2. The molecule has 0 heterocycles. The molecule has 0 spiro atoms. The van der Waals surface area contributed by atoms with E-state index in [0.717, 1.165) is 50.2 Å². The molecule has 2 saturated carbocycles. The Morgan fingerprint density at radius 2 is 2.11 bits per heavy atom. The highest BCUT2D eigenvalue weighted by molar-refractivity contribution is 7.80. The Bertz CT molecular complexity index is 770. The van der Waals surface area contributed by atoms with Crippen molar-refractivity contribution in [1.29, 1.82) is 0 Å². The van der Waals surface area contributed by atoms with Gasteiger partial charge in [0.1, 0.15) is 5.78 Å². The third-order valence-corrected chi connectivity index (χ3v) is 8.53. The van der Waals surface area contributed by atoms with E-state index in [9.17, 15) is 4.79 Å². The zero-order valence-corrected chi connectivity index (χ0v) is 18.4. The lowest BCUT2D eigenvalue weighted by Crippen LogP contribution is -2.42. The first-order valence-corrected chi connectivity index (χ1v) is 11.7. The van der Waals surface area contributed by atoms with Gasteiger partial charge in [0.2, 0.25) is 0 Å². The fourth-order valence-electron chi connectivity index (χ4n) is 6.22. The van der Waals surface area contributed by atoms with Crippen LogP contribution in [0.5, 0.6) is 0 Å². The van der Waals surface area contributed by atoms with E-state index in [1.807, 2.05) is 0 Å². The highest BCUT2D eigenvalue weighted by Gasteiger charge is 2.54. The van der Waals surface area contributed by atoms with Gasteiger partial charge in [0.25, 0.3) is 0 Å². The average Bonchev–Trinajstić information content (AvgIpc) is 3.01. The van der Waals surface area contributed by atoms with Gasteiger partial charge in [0, 0.05) is 17.8 Å². The molecule has 3 aliphatic rings. The summed E-state index contributed by atoms with van der Waals surface area (Å²) in [4.78, 5) is 12.5. The van der Waals surface area contributed by atoms with Crippen LogP contribution in [0.15, 0.2) is 18.2 Å². The Morgan fingerprint density at radius 1 is 1.29 bits per heavy atom. The molecule has 28 heavy (non-hydrogen) atoms. The first kappa shape index (κ1) is 20.1. The van der Waals surface area contributed by atoms with Gasteiger partial charge in [0.15, 0.2) is 5.05 Å². The van der Waals surface area contributed by atoms with Gasteiger partial charge in [-0.25, -0.2) is 0 Å². The summed E-state index contributed by atoms with van der Waals surface area (Å²) in [6.07, 6.45) is 8.73. The number of fused-ring (bicyclic) bond motifs is 5. The second kappa shape index (κ2) is 7.89. The van der Waals surface area contributed by atoms with E-state index < -0.39 is 0 Å². The molecule has 5 atom stereocenters. The number of rotatable bonds is 5. The standard InChI is InChI=1S/C25H34O2S/c1-4-5-14-27-24(28)16(2)17-6-8-19-18(15-17)7-9-21-20(19)12-13-25(3)22(21)10-11-23(25)26/h6,8,15-16,20-22H,4-5,7,9-14H2,1-3H3/t16?,20-,21-,22+,25+/m1/s1. The number of aryl methyl sites for hydroxylation is 1. The number of carbonyl (C=O) groups excluding carboxylic acids is 1. The van der Waals surface area contributed by atoms with Crippen LogP contribution < -0.4 is 0 Å². The zero-order chi connectivity index (χ0) is 19.9. The quantitative estimate of drug-likeness (QED) is 0.426. The summed E-state index contributed by atoms with van der Waals surface area (Å²) in [5, 5.41) is 0.722. The van der Waals surface area contributed by atoms with Crippen molar-refractivity contribution in [3.63, 3.8) is 0 Å². The summed E-state index contributed by atoms with van der Waals surface area (Å²) in [6.45, 7) is 7.32. The third-order valence-electron chi connectivity index (χ3n) is 8.06. The van der Waals surface area contributed by atoms with E-state index in [2.05, 4.69) is 39.0 Å². The molecule has 4 rings (SSSR count). The number of Topliss-reactive ketones (excluding diaryl/α,β-unsaturated/α-hetero) is 1. The Balaban J connectivity index is 1.52. The molecule has 1 aromatic carbocycles. The summed E-state index contributed by atoms with van der Waals surface area (Å²) in [5.41, 5.74) is 4.31. The van der Waals surface area contributed by atoms with Crippen LogP contribution >= 0.6 is 12.2 Å². The van der Waals surface area contributed by atoms with Crippen molar-refractivity contribution in [2.45, 2.75) is 84.0 Å². The lowest BCUT2D eigenvalue weighted by Gasteiger charge is -2.48. The van der Waals surface area contributed by atoms with Crippen LogP contribution in [0.1, 0.15) is 94.2 Å². The van der Waals surface area contributed by atoms with Crippen LogP contribution in [0.2, 0.25) is 0 Å². The van der Waals surface area contributed by atoms with Gasteiger partial charge in [0.05, 0.1) is 6.61 Å². The first-order valence-electron chi connectivity index (χ1n) is 11.3. The summed E-state index contributed by atoms with van der Waals surface area (Å²) in [6, 6.07) is 7.03. The van der Waals surface area contributed by atoms with Crippen molar-refractivity contribution in [2.75, 3.05) is 6.61 Å². The van der Waals surface area contributed by atoms with E-state index in [-0.39, 0.29) is 11.3 Å². The molecule has 0 N–H and O–H groups in total. The van der Waals surface area contributed by atoms with Gasteiger partial charge < -0.3 is 4.74 Å². The Morgan fingerprint density at radius 3 is 2.89 bits per heavy atom. The van der Waals surface area contributed by atoms with Gasteiger partial charge in [-0.1, -0.05) is 45.4 Å². The molecule has 0 amide bonds. The topological polar surface area (TPSA) is 26.3 Å². The van der Waals surface area contributed by atoms with E-state index in [0.29, 0.717) is 23.5 Å². The number of benzene rings is 1. The summed E-state index contributed by atoms with van der Waals surface area (Å²) in [5.74, 6) is 2.63. The monoisotopic (exact) mass is 398 g/mol. The fraction of sp³-hybridized carbons (Fsp3) is 0.680. The third kappa shape index (κ3) is 3.34. The highest BCUT2D eigenvalue weighted by atomic mass is 32.1. The van der Waals surface area contributed by atoms with Crippen LogP contribution in [0, 0.1) is 17.3 Å². The number of hydrogen-bond acceptors (Lipinski definition) is 3. The van der Waals surface area contributed by atoms with Gasteiger partial charge in [-0.05, 0) is 85.2 Å². The first-order chi connectivity index (χ1) is 13.5. The van der Waals surface area contributed by atoms with Crippen LogP contribution in [0.4, 0.5) is 0 Å². The average molecular weight is 399 g/mol. The smallest absolute Gasteiger partial charge is 0.166 e. The van der Waals surface area contributed by atoms with Crippen molar-refractivity contribution < 1.29 is 9.53 Å². The minimum atomic E-state index is -0.0326. The van der Waals surface area contributed by atoms with E-state index >= 15 is 0 Å². The molecule has 0 radical (unpaired) electrons. The molecule has 0 bridgehead atoms. The van der Waals surface area contributed by atoms with Gasteiger partial charge in [-0.2, -0.15) is 0 Å².